The number of carbonyl (C=O) groups is 1. The monoisotopic (exact) mass is 503 g/mol. The molecule has 1 aliphatic heterocycles. The number of hydrogen-bond acceptors (Lipinski definition) is 5. The maximum absolute atomic E-state index is 14.1. The number of carbonyl (C=O) groups excluding carboxylic acids is 1. The lowest BCUT2D eigenvalue weighted by atomic mass is 9.94. The molecule has 36 heavy (non-hydrogen) atoms. The standard InChI is InChI=1S/C26H28F3N3O4/c1-25(2,3)36-24(33)32-10-8-15(9-11-32)17-13-19-20(14-18(17)26(27,28)29)31-23(30-19)16-6-7-21(34-4)22(12-16)35-5/h6-8,12-14H,9-11H2,1-5H3,(H,30,31). The summed E-state index contributed by atoms with van der Waals surface area (Å²) < 4.78 is 58.1. The number of aromatic amines is 1. The molecule has 4 rings (SSSR count). The van der Waals surface area contributed by atoms with Crippen molar-refractivity contribution in [2.45, 2.75) is 39.0 Å². The summed E-state index contributed by atoms with van der Waals surface area (Å²) in [6, 6.07) is 7.70. The van der Waals surface area contributed by atoms with Crippen molar-refractivity contribution in [2.75, 3.05) is 27.3 Å². The number of hydrogen-bond donors (Lipinski definition) is 1. The Morgan fingerprint density at radius 3 is 2.36 bits per heavy atom. The van der Waals surface area contributed by atoms with Gasteiger partial charge < -0.3 is 24.1 Å². The van der Waals surface area contributed by atoms with E-state index in [1.807, 2.05) is 0 Å². The second-order valence-electron chi connectivity index (χ2n) is 9.47. The molecular weight excluding hydrogens is 475 g/mol. The fourth-order valence-electron chi connectivity index (χ4n) is 4.08. The average Bonchev–Trinajstić information content (AvgIpc) is 3.24. The Labute approximate surface area is 206 Å². The summed E-state index contributed by atoms with van der Waals surface area (Å²) in [5.41, 5.74) is 0.476. The van der Waals surface area contributed by atoms with Crippen LogP contribution in [0.1, 0.15) is 38.3 Å². The van der Waals surface area contributed by atoms with Gasteiger partial charge in [0, 0.05) is 18.7 Å². The molecule has 0 aliphatic carbocycles. The number of imidazole rings is 1. The second-order valence-corrected chi connectivity index (χ2v) is 9.47. The van der Waals surface area contributed by atoms with Gasteiger partial charge in [-0.15, -0.1) is 0 Å². The Morgan fingerprint density at radius 2 is 1.78 bits per heavy atom. The van der Waals surface area contributed by atoms with Gasteiger partial charge in [-0.2, -0.15) is 13.2 Å². The maximum Gasteiger partial charge on any atom is 0.417 e. The van der Waals surface area contributed by atoms with Gasteiger partial charge in [-0.05, 0) is 68.7 Å². The molecular formula is C26H28F3N3O4. The van der Waals surface area contributed by atoms with Gasteiger partial charge >= 0.3 is 12.3 Å². The van der Waals surface area contributed by atoms with Crippen LogP contribution in [0.15, 0.2) is 36.4 Å². The molecule has 3 aromatic rings. The Balaban J connectivity index is 1.70. The number of nitrogens with zero attached hydrogens (tertiary/aromatic N) is 2. The number of methoxy groups -OCH3 is 2. The molecule has 0 fully saturated rings. The highest BCUT2D eigenvalue weighted by molar-refractivity contribution is 5.86. The van der Waals surface area contributed by atoms with Crippen LogP contribution in [-0.4, -0.2) is 53.9 Å². The molecule has 1 N–H and O–H groups in total. The first-order valence-corrected chi connectivity index (χ1v) is 11.4. The molecule has 0 spiro atoms. The summed E-state index contributed by atoms with van der Waals surface area (Å²) >= 11 is 0. The Kier molecular flexibility index (Phi) is 6.64. The third-order valence-corrected chi connectivity index (χ3v) is 5.79. The Hall–Kier alpha value is -3.69. The van der Waals surface area contributed by atoms with Gasteiger partial charge in [-0.3, -0.25) is 0 Å². The molecule has 0 saturated heterocycles. The molecule has 1 aromatic heterocycles. The number of amides is 1. The van der Waals surface area contributed by atoms with Gasteiger partial charge in [0.1, 0.15) is 11.4 Å². The van der Waals surface area contributed by atoms with Crippen molar-refractivity contribution in [3.8, 4) is 22.9 Å². The molecule has 0 atom stereocenters. The summed E-state index contributed by atoms with van der Waals surface area (Å²) in [6.45, 7) is 5.72. The number of nitrogens with one attached hydrogen (secondary N) is 1. The van der Waals surface area contributed by atoms with E-state index in [1.54, 1.807) is 45.0 Å². The largest absolute Gasteiger partial charge is 0.493 e. The van der Waals surface area contributed by atoms with Gasteiger partial charge in [-0.25, -0.2) is 9.78 Å². The highest BCUT2D eigenvalue weighted by Crippen LogP contribution is 2.40. The molecule has 0 radical (unpaired) electrons. The zero-order valence-electron chi connectivity index (χ0n) is 20.7. The zero-order valence-corrected chi connectivity index (χ0v) is 20.7. The minimum absolute atomic E-state index is 0.0594. The van der Waals surface area contributed by atoms with E-state index in [-0.39, 0.29) is 30.6 Å². The third kappa shape index (κ3) is 5.27. The fourth-order valence-corrected chi connectivity index (χ4v) is 4.08. The van der Waals surface area contributed by atoms with Gasteiger partial charge in [-0.1, -0.05) is 6.08 Å². The number of alkyl halides is 3. The van der Waals surface area contributed by atoms with Crippen molar-refractivity contribution in [2.24, 2.45) is 0 Å². The first-order chi connectivity index (χ1) is 16.9. The highest BCUT2D eigenvalue weighted by atomic mass is 19.4. The SMILES string of the molecule is COc1ccc(-c2nc3cc(C4=CCN(C(=O)OC(C)(C)C)CC4)c(C(F)(F)F)cc3[nH]2)cc1OC. The number of fused-ring (bicyclic) bond motifs is 1. The summed E-state index contributed by atoms with van der Waals surface area (Å²) in [7, 11) is 3.02. The quantitative estimate of drug-likeness (QED) is 0.453. The molecule has 192 valence electrons. The molecule has 10 heteroatoms. The van der Waals surface area contributed by atoms with Crippen LogP contribution in [0.5, 0.6) is 11.5 Å². The smallest absolute Gasteiger partial charge is 0.417 e. The summed E-state index contributed by atoms with van der Waals surface area (Å²) in [5.74, 6) is 1.42. The van der Waals surface area contributed by atoms with Gasteiger partial charge in [0.25, 0.3) is 0 Å². The molecule has 1 aliphatic rings. The summed E-state index contributed by atoms with van der Waals surface area (Å²) in [6.07, 6.45) is -3.15. The first-order valence-electron chi connectivity index (χ1n) is 11.4. The van der Waals surface area contributed by atoms with Crippen molar-refractivity contribution in [3.63, 3.8) is 0 Å². The van der Waals surface area contributed by atoms with Crippen molar-refractivity contribution in [1.82, 2.24) is 14.9 Å². The molecule has 2 aromatic carbocycles. The molecule has 2 heterocycles. The predicted molar refractivity (Wildman–Crippen MR) is 130 cm³/mol. The van der Waals surface area contributed by atoms with Crippen LogP contribution in [0, 0.1) is 0 Å². The predicted octanol–water partition coefficient (Wildman–Crippen LogP) is 6.29. The molecule has 7 nitrogen and oxygen atoms in total. The van der Waals surface area contributed by atoms with E-state index in [0.717, 1.165) is 6.07 Å². The van der Waals surface area contributed by atoms with Crippen molar-refractivity contribution in [1.29, 1.82) is 0 Å². The van der Waals surface area contributed by atoms with E-state index in [2.05, 4.69) is 9.97 Å². The van der Waals surface area contributed by atoms with Crippen LogP contribution in [0.4, 0.5) is 18.0 Å². The lowest BCUT2D eigenvalue weighted by Gasteiger charge is -2.30. The fraction of sp³-hybridized carbons (Fsp3) is 0.385. The molecule has 0 bridgehead atoms. The van der Waals surface area contributed by atoms with Gasteiger partial charge in [0.15, 0.2) is 11.5 Å². The van der Waals surface area contributed by atoms with Crippen LogP contribution in [0.2, 0.25) is 0 Å². The van der Waals surface area contributed by atoms with E-state index in [4.69, 9.17) is 14.2 Å². The van der Waals surface area contributed by atoms with Gasteiger partial charge in [0.2, 0.25) is 0 Å². The lowest BCUT2D eigenvalue weighted by Crippen LogP contribution is -2.39. The Morgan fingerprint density at radius 1 is 1.06 bits per heavy atom. The molecule has 1 amide bonds. The second kappa shape index (κ2) is 9.40. The van der Waals surface area contributed by atoms with Crippen molar-refractivity contribution >= 4 is 22.7 Å². The zero-order chi connectivity index (χ0) is 26.3. The number of ether oxygens (including phenoxy) is 3. The lowest BCUT2D eigenvalue weighted by molar-refractivity contribution is -0.137. The van der Waals surface area contributed by atoms with E-state index in [0.29, 0.717) is 34.0 Å². The van der Waals surface area contributed by atoms with Crippen LogP contribution < -0.4 is 9.47 Å². The average molecular weight is 504 g/mol. The first kappa shape index (κ1) is 25.4. The summed E-state index contributed by atoms with van der Waals surface area (Å²) in [4.78, 5) is 21.4. The van der Waals surface area contributed by atoms with Crippen LogP contribution >= 0.6 is 0 Å². The van der Waals surface area contributed by atoms with E-state index in [1.165, 1.54) is 25.2 Å². The van der Waals surface area contributed by atoms with Crippen LogP contribution in [0.25, 0.3) is 28.0 Å². The minimum atomic E-state index is -4.57. The molecule has 0 saturated carbocycles. The number of benzene rings is 2. The Bertz CT molecular complexity index is 1320. The van der Waals surface area contributed by atoms with Gasteiger partial charge in [0.05, 0.1) is 30.8 Å². The minimum Gasteiger partial charge on any atom is -0.493 e. The van der Waals surface area contributed by atoms with Crippen LogP contribution in [-0.2, 0) is 10.9 Å². The normalized spacial score (nSPS) is 14.6. The van der Waals surface area contributed by atoms with Crippen molar-refractivity contribution in [3.05, 3.63) is 47.5 Å². The van der Waals surface area contributed by atoms with E-state index >= 15 is 0 Å². The van der Waals surface area contributed by atoms with Crippen LogP contribution in [0.3, 0.4) is 0 Å². The maximum atomic E-state index is 14.1. The number of halogens is 3. The number of aromatic nitrogens is 2. The van der Waals surface area contributed by atoms with Crippen molar-refractivity contribution < 1.29 is 32.2 Å². The highest BCUT2D eigenvalue weighted by Gasteiger charge is 2.36. The van der Waals surface area contributed by atoms with E-state index < -0.39 is 23.4 Å². The number of rotatable bonds is 4. The topological polar surface area (TPSA) is 76.7 Å². The number of H-pyrrole nitrogens is 1. The third-order valence-electron chi connectivity index (χ3n) is 5.79. The van der Waals surface area contributed by atoms with E-state index in [9.17, 15) is 18.0 Å². The summed E-state index contributed by atoms with van der Waals surface area (Å²) in [5, 5.41) is 0. The molecule has 0 unspecified atom stereocenters.